The summed E-state index contributed by atoms with van der Waals surface area (Å²) in [5.74, 6) is -0.934. The van der Waals surface area contributed by atoms with E-state index in [0.29, 0.717) is 0 Å². The number of nitrogens with one attached hydrogen (secondary N) is 1. The highest BCUT2D eigenvalue weighted by atomic mass is 16.5. The molecule has 2 N–H and O–H groups in total. The number of nitrogens with zero attached hydrogens (tertiary/aromatic N) is 1. The van der Waals surface area contributed by atoms with E-state index in [9.17, 15) is 14.7 Å². The van der Waals surface area contributed by atoms with Gasteiger partial charge in [-0.15, -0.1) is 0 Å². The van der Waals surface area contributed by atoms with Gasteiger partial charge in [0.25, 0.3) is 0 Å². The van der Waals surface area contributed by atoms with Crippen LogP contribution in [-0.2, 0) is 9.53 Å². The van der Waals surface area contributed by atoms with Gasteiger partial charge in [0.1, 0.15) is 5.41 Å². The Balaban J connectivity index is 2.05. The van der Waals surface area contributed by atoms with Gasteiger partial charge in [-0.05, 0) is 33.6 Å². The smallest absolute Gasteiger partial charge is 0.318 e. The second kappa shape index (κ2) is 4.67. The summed E-state index contributed by atoms with van der Waals surface area (Å²) < 4.78 is 5.24. The van der Waals surface area contributed by atoms with Gasteiger partial charge in [0.2, 0.25) is 0 Å². The average molecular weight is 270 g/mol. The molecule has 0 saturated carbocycles. The van der Waals surface area contributed by atoms with Gasteiger partial charge in [0, 0.05) is 12.1 Å². The van der Waals surface area contributed by atoms with Gasteiger partial charge in [0.05, 0.1) is 19.3 Å². The summed E-state index contributed by atoms with van der Waals surface area (Å²) >= 11 is 0. The van der Waals surface area contributed by atoms with Crippen molar-refractivity contribution in [2.45, 2.75) is 45.2 Å². The summed E-state index contributed by atoms with van der Waals surface area (Å²) in [5.41, 5.74) is -1.21. The standard InChI is InChI=1S/C13H22N2O4/c1-12(2)5-4-6-15(12)11(18)14-9-7-19-8-13(9,3)10(16)17/h9H,4-8H2,1-3H3,(H,14,18)(H,16,17). The number of hydrogen-bond donors (Lipinski definition) is 2. The Kier molecular flexibility index (Phi) is 3.47. The van der Waals surface area contributed by atoms with E-state index in [-0.39, 0.29) is 24.8 Å². The first-order chi connectivity index (χ1) is 8.77. The SMILES string of the molecule is CC1(C(=O)O)COCC1NC(=O)N1CCCC1(C)C. The fourth-order valence-electron chi connectivity index (χ4n) is 2.80. The maximum atomic E-state index is 12.3. The summed E-state index contributed by atoms with van der Waals surface area (Å²) in [5, 5.41) is 12.1. The zero-order chi connectivity index (χ0) is 14.3. The maximum absolute atomic E-state index is 12.3. The Morgan fingerprint density at radius 3 is 2.58 bits per heavy atom. The molecule has 2 saturated heterocycles. The lowest BCUT2D eigenvalue weighted by atomic mass is 9.85. The molecule has 19 heavy (non-hydrogen) atoms. The molecular weight excluding hydrogens is 248 g/mol. The lowest BCUT2D eigenvalue weighted by molar-refractivity contribution is -0.148. The molecule has 0 aromatic rings. The number of rotatable bonds is 2. The van der Waals surface area contributed by atoms with Gasteiger partial charge in [-0.1, -0.05) is 0 Å². The highest BCUT2D eigenvalue weighted by Crippen LogP contribution is 2.31. The predicted molar refractivity (Wildman–Crippen MR) is 68.9 cm³/mol. The second-order valence-corrected chi connectivity index (χ2v) is 6.31. The lowest BCUT2D eigenvalue weighted by Gasteiger charge is -2.34. The van der Waals surface area contributed by atoms with Crippen molar-refractivity contribution >= 4 is 12.0 Å². The van der Waals surface area contributed by atoms with Gasteiger partial charge in [0.15, 0.2) is 0 Å². The topological polar surface area (TPSA) is 78.9 Å². The second-order valence-electron chi connectivity index (χ2n) is 6.31. The minimum atomic E-state index is -1.04. The van der Waals surface area contributed by atoms with Gasteiger partial charge in [-0.2, -0.15) is 0 Å². The molecule has 2 rings (SSSR count). The molecule has 0 aliphatic carbocycles. The minimum absolute atomic E-state index is 0.136. The minimum Gasteiger partial charge on any atom is -0.481 e. The first kappa shape index (κ1) is 14.1. The molecule has 0 spiro atoms. The van der Waals surface area contributed by atoms with Gasteiger partial charge in [-0.25, -0.2) is 4.79 Å². The molecule has 0 bridgehead atoms. The van der Waals surface area contributed by atoms with Crippen molar-refractivity contribution in [2.24, 2.45) is 5.41 Å². The number of likely N-dealkylation sites (tertiary alicyclic amines) is 1. The number of ether oxygens (including phenoxy) is 1. The van der Waals surface area contributed by atoms with Crippen molar-refractivity contribution in [1.29, 1.82) is 0 Å². The summed E-state index contributed by atoms with van der Waals surface area (Å²) in [6.45, 7) is 6.78. The summed E-state index contributed by atoms with van der Waals surface area (Å²) in [6.07, 6.45) is 1.95. The fraction of sp³-hybridized carbons (Fsp3) is 0.846. The van der Waals surface area contributed by atoms with E-state index in [0.717, 1.165) is 19.4 Å². The molecule has 6 heteroatoms. The Labute approximate surface area is 113 Å². The molecule has 6 nitrogen and oxygen atoms in total. The van der Waals surface area contributed by atoms with E-state index < -0.39 is 17.4 Å². The molecule has 2 aliphatic rings. The van der Waals surface area contributed by atoms with E-state index >= 15 is 0 Å². The number of hydrogen-bond acceptors (Lipinski definition) is 3. The summed E-state index contributed by atoms with van der Waals surface area (Å²) in [4.78, 5) is 25.4. The van der Waals surface area contributed by atoms with Crippen LogP contribution in [0.3, 0.4) is 0 Å². The van der Waals surface area contributed by atoms with E-state index in [2.05, 4.69) is 5.32 Å². The Morgan fingerprint density at radius 1 is 1.37 bits per heavy atom. The third kappa shape index (κ3) is 2.41. The highest BCUT2D eigenvalue weighted by Gasteiger charge is 2.48. The van der Waals surface area contributed by atoms with Crippen LogP contribution < -0.4 is 5.32 Å². The summed E-state index contributed by atoms with van der Waals surface area (Å²) in [6, 6.07) is -0.667. The van der Waals surface area contributed by atoms with Crippen molar-refractivity contribution in [2.75, 3.05) is 19.8 Å². The van der Waals surface area contributed by atoms with Crippen LogP contribution in [0.15, 0.2) is 0 Å². The number of carboxylic acid groups (broad SMARTS) is 1. The van der Waals surface area contributed by atoms with Crippen LogP contribution in [0.2, 0.25) is 0 Å². The van der Waals surface area contributed by atoms with Crippen molar-refractivity contribution in [3.05, 3.63) is 0 Å². The average Bonchev–Trinajstić information content (AvgIpc) is 2.83. The fourth-order valence-corrected chi connectivity index (χ4v) is 2.80. The Bertz CT molecular complexity index is 396. The third-order valence-electron chi connectivity index (χ3n) is 4.39. The first-order valence-corrected chi connectivity index (χ1v) is 6.67. The van der Waals surface area contributed by atoms with E-state index in [4.69, 9.17) is 4.74 Å². The van der Waals surface area contributed by atoms with E-state index in [1.807, 2.05) is 13.8 Å². The predicted octanol–water partition coefficient (Wildman–Crippen LogP) is 1.06. The number of carbonyl (C=O) groups is 2. The van der Waals surface area contributed by atoms with Crippen molar-refractivity contribution in [3.8, 4) is 0 Å². The number of carbonyl (C=O) groups excluding carboxylic acids is 1. The number of carboxylic acids is 1. The van der Waals surface area contributed by atoms with E-state index in [1.165, 1.54) is 0 Å². The van der Waals surface area contributed by atoms with E-state index in [1.54, 1.807) is 11.8 Å². The molecule has 2 fully saturated rings. The molecule has 0 aromatic heterocycles. The molecule has 0 aromatic carbocycles. The van der Waals surface area contributed by atoms with Crippen LogP contribution in [0.1, 0.15) is 33.6 Å². The van der Waals surface area contributed by atoms with Crippen LogP contribution in [0.4, 0.5) is 4.79 Å². The molecular formula is C13H22N2O4. The zero-order valence-electron chi connectivity index (χ0n) is 11.7. The number of amides is 2. The van der Waals surface area contributed by atoms with Gasteiger partial charge < -0.3 is 20.1 Å². The lowest BCUT2D eigenvalue weighted by Crippen LogP contribution is -2.56. The quantitative estimate of drug-likeness (QED) is 0.786. The third-order valence-corrected chi connectivity index (χ3v) is 4.39. The van der Waals surface area contributed by atoms with Gasteiger partial charge in [-0.3, -0.25) is 4.79 Å². The first-order valence-electron chi connectivity index (χ1n) is 6.67. The number of urea groups is 1. The zero-order valence-corrected chi connectivity index (χ0v) is 11.7. The number of aliphatic carboxylic acids is 1. The molecule has 2 aliphatic heterocycles. The molecule has 108 valence electrons. The van der Waals surface area contributed by atoms with Crippen LogP contribution in [0.5, 0.6) is 0 Å². The van der Waals surface area contributed by atoms with Crippen LogP contribution in [0.25, 0.3) is 0 Å². The van der Waals surface area contributed by atoms with Crippen LogP contribution in [-0.4, -0.2) is 53.3 Å². The Hall–Kier alpha value is -1.30. The van der Waals surface area contributed by atoms with Crippen molar-refractivity contribution < 1.29 is 19.4 Å². The normalized spacial score (nSPS) is 33.4. The van der Waals surface area contributed by atoms with Crippen LogP contribution in [0, 0.1) is 5.41 Å². The largest absolute Gasteiger partial charge is 0.481 e. The van der Waals surface area contributed by atoms with Crippen LogP contribution >= 0.6 is 0 Å². The molecule has 2 unspecified atom stereocenters. The molecule has 2 atom stereocenters. The maximum Gasteiger partial charge on any atom is 0.318 e. The molecule has 0 radical (unpaired) electrons. The molecule has 2 heterocycles. The van der Waals surface area contributed by atoms with Crippen molar-refractivity contribution in [1.82, 2.24) is 10.2 Å². The molecule has 2 amide bonds. The monoisotopic (exact) mass is 270 g/mol. The summed E-state index contributed by atoms with van der Waals surface area (Å²) in [7, 11) is 0. The highest BCUT2D eigenvalue weighted by molar-refractivity contribution is 5.80. The van der Waals surface area contributed by atoms with Gasteiger partial charge >= 0.3 is 12.0 Å². The Morgan fingerprint density at radius 2 is 2.05 bits per heavy atom. The van der Waals surface area contributed by atoms with Crippen molar-refractivity contribution in [3.63, 3.8) is 0 Å².